The summed E-state index contributed by atoms with van der Waals surface area (Å²) in [6.07, 6.45) is 3.66. The van der Waals surface area contributed by atoms with Crippen molar-refractivity contribution in [2.75, 3.05) is 7.11 Å². The summed E-state index contributed by atoms with van der Waals surface area (Å²) in [5.41, 5.74) is 4.30. The quantitative estimate of drug-likeness (QED) is 0.633. The molecule has 0 aromatic rings. The van der Waals surface area contributed by atoms with Gasteiger partial charge in [0.15, 0.2) is 0 Å². The van der Waals surface area contributed by atoms with E-state index in [2.05, 4.69) is 33.8 Å². The molecule has 0 saturated carbocycles. The second-order valence-electron chi connectivity index (χ2n) is 4.19. The van der Waals surface area contributed by atoms with Gasteiger partial charge in [-0.3, -0.25) is 0 Å². The summed E-state index contributed by atoms with van der Waals surface area (Å²) >= 11 is 0. The van der Waals surface area contributed by atoms with E-state index in [0.717, 1.165) is 6.42 Å². The van der Waals surface area contributed by atoms with Gasteiger partial charge in [0, 0.05) is 7.11 Å². The van der Waals surface area contributed by atoms with E-state index in [1.54, 1.807) is 7.11 Å². The molecule has 1 unspecified atom stereocenters. The first-order valence-corrected chi connectivity index (χ1v) is 4.97. The summed E-state index contributed by atoms with van der Waals surface area (Å²) < 4.78 is 5.48. The van der Waals surface area contributed by atoms with Crippen LogP contribution in [0, 0.1) is 5.92 Å². The topological polar surface area (TPSA) is 9.23 Å². The van der Waals surface area contributed by atoms with Gasteiger partial charge in [-0.1, -0.05) is 31.1 Å². The van der Waals surface area contributed by atoms with Gasteiger partial charge in [-0.15, -0.1) is 0 Å². The lowest BCUT2D eigenvalue weighted by Gasteiger charge is -2.27. The number of methoxy groups -OCH3 is 1. The first kappa shape index (κ1) is 10.5. The maximum Gasteiger partial charge on any atom is 0.0824 e. The van der Waals surface area contributed by atoms with Crippen molar-refractivity contribution in [3.05, 3.63) is 22.8 Å². The van der Waals surface area contributed by atoms with Crippen molar-refractivity contribution >= 4 is 0 Å². The Bertz CT molecular complexity index is 246. The molecule has 0 fully saturated rings. The van der Waals surface area contributed by atoms with Crippen molar-refractivity contribution in [3.8, 4) is 0 Å². The maximum absolute atomic E-state index is 5.48. The molecule has 0 radical (unpaired) electrons. The third kappa shape index (κ3) is 2.22. The molecule has 0 aromatic heterocycles. The molecule has 0 spiro atoms. The molecular weight excluding hydrogens is 160 g/mol. The Morgan fingerprint density at radius 1 is 1.38 bits per heavy atom. The van der Waals surface area contributed by atoms with Crippen LogP contribution in [0.25, 0.3) is 0 Å². The lowest BCUT2D eigenvalue weighted by molar-refractivity contribution is 0.122. The highest BCUT2D eigenvalue weighted by atomic mass is 16.5. The van der Waals surface area contributed by atoms with Crippen LogP contribution in [0.2, 0.25) is 0 Å². The SMILES string of the molecule is COC1CC(C)=C(C)C=C1C(C)C. The minimum atomic E-state index is 0.309. The van der Waals surface area contributed by atoms with Crippen molar-refractivity contribution in [1.29, 1.82) is 0 Å². The summed E-state index contributed by atoms with van der Waals surface area (Å²) in [6, 6.07) is 0. The molecule has 0 aliphatic heterocycles. The summed E-state index contributed by atoms with van der Waals surface area (Å²) in [6.45, 7) is 8.83. The predicted molar refractivity (Wildman–Crippen MR) is 56.7 cm³/mol. The molecule has 0 aromatic carbocycles. The van der Waals surface area contributed by atoms with Crippen LogP contribution in [0.1, 0.15) is 34.1 Å². The van der Waals surface area contributed by atoms with Crippen LogP contribution in [0.15, 0.2) is 22.8 Å². The largest absolute Gasteiger partial charge is 0.377 e. The van der Waals surface area contributed by atoms with E-state index >= 15 is 0 Å². The Balaban J connectivity index is 2.93. The fourth-order valence-electron chi connectivity index (χ4n) is 1.78. The van der Waals surface area contributed by atoms with Gasteiger partial charge in [-0.05, 0) is 31.8 Å². The van der Waals surface area contributed by atoms with E-state index in [9.17, 15) is 0 Å². The van der Waals surface area contributed by atoms with Gasteiger partial charge < -0.3 is 4.74 Å². The normalized spacial score (nSPS) is 23.8. The third-order valence-electron chi connectivity index (χ3n) is 2.87. The minimum Gasteiger partial charge on any atom is -0.377 e. The molecule has 1 heteroatoms. The first-order chi connectivity index (χ1) is 6.06. The van der Waals surface area contributed by atoms with Crippen molar-refractivity contribution in [3.63, 3.8) is 0 Å². The lowest BCUT2D eigenvalue weighted by atomic mass is 9.86. The third-order valence-corrected chi connectivity index (χ3v) is 2.87. The predicted octanol–water partition coefficient (Wildman–Crippen LogP) is 3.32. The highest BCUT2D eigenvalue weighted by molar-refractivity contribution is 5.34. The molecule has 1 aliphatic carbocycles. The highest BCUT2D eigenvalue weighted by Gasteiger charge is 2.21. The molecular formula is C12H20O. The summed E-state index contributed by atoms with van der Waals surface area (Å²) in [7, 11) is 1.80. The van der Waals surface area contributed by atoms with E-state index in [1.807, 2.05) is 0 Å². The van der Waals surface area contributed by atoms with Gasteiger partial charge in [0.25, 0.3) is 0 Å². The van der Waals surface area contributed by atoms with Gasteiger partial charge >= 0.3 is 0 Å². The second-order valence-corrected chi connectivity index (χ2v) is 4.19. The van der Waals surface area contributed by atoms with Gasteiger partial charge in [0.1, 0.15) is 0 Å². The Morgan fingerprint density at radius 2 is 2.00 bits per heavy atom. The van der Waals surface area contributed by atoms with Gasteiger partial charge in [-0.25, -0.2) is 0 Å². The first-order valence-electron chi connectivity index (χ1n) is 4.97. The second kappa shape index (κ2) is 4.10. The van der Waals surface area contributed by atoms with Gasteiger partial charge in [-0.2, -0.15) is 0 Å². The summed E-state index contributed by atoms with van der Waals surface area (Å²) in [5, 5.41) is 0. The van der Waals surface area contributed by atoms with E-state index in [0.29, 0.717) is 12.0 Å². The molecule has 0 saturated heterocycles. The van der Waals surface area contributed by atoms with Crippen LogP contribution >= 0.6 is 0 Å². The number of allylic oxidation sites excluding steroid dienone is 2. The Kier molecular flexibility index (Phi) is 3.32. The number of rotatable bonds is 2. The molecule has 13 heavy (non-hydrogen) atoms. The Labute approximate surface area is 81.5 Å². The fourth-order valence-corrected chi connectivity index (χ4v) is 1.78. The average molecular weight is 180 g/mol. The molecule has 0 bridgehead atoms. The number of hydrogen-bond acceptors (Lipinski definition) is 1. The van der Waals surface area contributed by atoms with Gasteiger partial charge in [0.2, 0.25) is 0 Å². The van der Waals surface area contributed by atoms with Crippen LogP contribution in [-0.4, -0.2) is 13.2 Å². The average Bonchev–Trinajstić information content (AvgIpc) is 2.08. The molecule has 1 atom stereocenters. The van der Waals surface area contributed by atoms with Crippen LogP contribution in [-0.2, 0) is 4.74 Å². The van der Waals surface area contributed by atoms with E-state index in [4.69, 9.17) is 4.74 Å². The molecule has 1 rings (SSSR count). The Morgan fingerprint density at radius 3 is 2.46 bits per heavy atom. The van der Waals surface area contributed by atoms with Crippen molar-refractivity contribution in [2.45, 2.75) is 40.2 Å². The molecule has 1 aliphatic rings. The zero-order chi connectivity index (χ0) is 10.0. The Hall–Kier alpha value is -0.560. The van der Waals surface area contributed by atoms with Crippen molar-refractivity contribution < 1.29 is 4.74 Å². The molecule has 1 nitrogen and oxygen atoms in total. The monoisotopic (exact) mass is 180 g/mol. The van der Waals surface area contributed by atoms with Crippen LogP contribution in [0.5, 0.6) is 0 Å². The smallest absolute Gasteiger partial charge is 0.0824 e. The van der Waals surface area contributed by atoms with Crippen LogP contribution in [0.4, 0.5) is 0 Å². The van der Waals surface area contributed by atoms with Gasteiger partial charge in [0.05, 0.1) is 6.10 Å². The highest BCUT2D eigenvalue weighted by Crippen LogP contribution is 2.29. The molecule has 74 valence electrons. The standard InChI is InChI=1S/C12H20O/c1-8(2)11-6-9(3)10(4)7-12(11)13-5/h6,8,12H,7H2,1-5H3. The van der Waals surface area contributed by atoms with E-state index in [-0.39, 0.29) is 0 Å². The van der Waals surface area contributed by atoms with Crippen molar-refractivity contribution in [2.24, 2.45) is 5.92 Å². The number of hydrogen-bond donors (Lipinski definition) is 0. The minimum absolute atomic E-state index is 0.309. The molecule has 0 N–H and O–H groups in total. The number of ether oxygens (including phenoxy) is 1. The zero-order valence-corrected chi connectivity index (χ0v) is 9.35. The van der Waals surface area contributed by atoms with E-state index < -0.39 is 0 Å². The van der Waals surface area contributed by atoms with Crippen LogP contribution < -0.4 is 0 Å². The summed E-state index contributed by atoms with van der Waals surface area (Å²) in [4.78, 5) is 0. The maximum atomic E-state index is 5.48. The zero-order valence-electron chi connectivity index (χ0n) is 9.35. The lowest BCUT2D eigenvalue weighted by Crippen LogP contribution is -2.21. The molecule has 0 amide bonds. The fraction of sp³-hybridized carbons (Fsp3) is 0.667. The van der Waals surface area contributed by atoms with Crippen LogP contribution in [0.3, 0.4) is 0 Å². The molecule has 0 heterocycles. The van der Waals surface area contributed by atoms with Crippen molar-refractivity contribution in [1.82, 2.24) is 0 Å². The van der Waals surface area contributed by atoms with E-state index in [1.165, 1.54) is 16.7 Å². The summed E-state index contributed by atoms with van der Waals surface area (Å²) in [5.74, 6) is 0.591.